The Kier molecular flexibility index (Phi) is 11.6. The van der Waals surface area contributed by atoms with Gasteiger partial charge in [0.2, 0.25) is 0 Å². The average molecular weight is 391 g/mol. The molecule has 0 aliphatic heterocycles. The number of nitrogens with zero attached hydrogens (tertiary/aromatic N) is 2. The predicted molar refractivity (Wildman–Crippen MR) is 116 cm³/mol. The third-order valence-electron chi connectivity index (χ3n) is 3.95. The van der Waals surface area contributed by atoms with Crippen molar-refractivity contribution in [1.82, 2.24) is 5.32 Å². The number of unbranched alkanes of at least 4 members (excludes halogenated alkanes) is 4. The second kappa shape index (κ2) is 14.1. The lowest BCUT2D eigenvalue weighted by Gasteiger charge is -2.08. The van der Waals surface area contributed by atoms with Crippen LogP contribution in [0.25, 0.3) is 0 Å². The van der Waals surface area contributed by atoms with Crippen LogP contribution in [0.4, 0.5) is 0 Å². The third-order valence-corrected chi connectivity index (χ3v) is 3.95. The molecule has 0 heterocycles. The van der Waals surface area contributed by atoms with Crippen molar-refractivity contribution in [3.8, 4) is 5.75 Å². The van der Waals surface area contributed by atoms with Crippen LogP contribution >= 0.6 is 0 Å². The summed E-state index contributed by atoms with van der Waals surface area (Å²) in [7, 11) is 0. The lowest BCUT2D eigenvalue weighted by molar-refractivity contribution is 0.307. The van der Waals surface area contributed by atoms with Crippen molar-refractivity contribution < 1.29 is 4.74 Å². The van der Waals surface area contributed by atoms with Crippen LogP contribution in [0, 0.1) is 5.41 Å². The minimum absolute atomic E-state index is 0.0553. The molecule has 1 aromatic carbocycles. The average Bonchev–Trinajstić information content (AvgIpc) is 2.66. The van der Waals surface area contributed by atoms with Crippen LogP contribution in [0.15, 0.2) is 34.3 Å². The molecular weight excluding hydrogens is 356 g/mol. The number of rotatable bonds is 14. The second-order valence-electron chi connectivity index (χ2n) is 6.41. The monoisotopic (exact) mass is 390 g/mol. The Hall–Kier alpha value is -2.97. The zero-order valence-corrected chi connectivity index (χ0v) is 16.5. The molecule has 9 heteroatoms. The molecule has 0 radical (unpaired) electrons. The molecule has 0 unspecified atom stereocenters. The van der Waals surface area contributed by atoms with E-state index in [1.807, 2.05) is 12.1 Å². The number of amidine groups is 1. The number of hydrogen-bond donors (Lipinski definition) is 6. The first-order chi connectivity index (χ1) is 13.5. The van der Waals surface area contributed by atoms with Crippen molar-refractivity contribution in [3.05, 3.63) is 29.8 Å². The van der Waals surface area contributed by atoms with Gasteiger partial charge in [0.1, 0.15) is 11.6 Å². The molecule has 1 aromatic rings. The molecule has 0 saturated carbocycles. The van der Waals surface area contributed by atoms with Gasteiger partial charge in [-0.2, -0.15) is 0 Å². The van der Waals surface area contributed by atoms with Gasteiger partial charge in [0.25, 0.3) is 0 Å². The molecule has 9 nitrogen and oxygen atoms in total. The smallest absolute Gasteiger partial charge is 0.188 e. The molecule has 0 spiro atoms. The Morgan fingerprint density at radius 1 is 0.857 bits per heavy atom. The largest absolute Gasteiger partial charge is 0.494 e. The van der Waals surface area contributed by atoms with Gasteiger partial charge in [-0.1, -0.05) is 12.8 Å². The summed E-state index contributed by atoms with van der Waals surface area (Å²) in [5.41, 5.74) is 22.5. The maximum Gasteiger partial charge on any atom is 0.188 e. The van der Waals surface area contributed by atoms with Crippen molar-refractivity contribution >= 4 is 17.8 Å². The summed E-state index contributed by atoms with van der Waals surface area (Å²) in [4.78, 5) is 8.26. The molecule has 0 aliphatic rings. The molecular formula is C19H34N8O. The van der Waals surface area contributed by atoms with Crippen molar-refractivity contribution in [2.45, 2.75) is 38.5 Å². The van der Waals surface area contributed by atoms with Crippen LogP contribution < -0.4 is 33.0 Å². The highest BCUT2D eigenvalue weighted by atomic mass is 16.5. The SMILES string of the molecule is N=C(N)c1ccc(OCCCCNC(N)=NCCCCCCN=C(N)N)cc1. The quantitative estimate of drug-likeness (QED) is 0.156. The fourth-order valence-electron chi connectivity index (χ4n) is 2.40. The predicted octanol–water partition coefficient (Wildman–Crippen LogP) is 0.868. The van der Waals surface area contributed by atoms with Gasteiger partial charge in [-0.3, -0.25) is 15.4 Å². The molecule has 156 valence electrons. The van der Waals surface area contributed by atoms with Crippen LogP contribution in [0.2, 0.25) is 0 Å². The van der Waals surface area contributed by atoms with E-state index in [0.29, 0.717) is 24.7 Å². The third kappa shape index (κ3) is 11.6. The zero-order chi connectivity index (χ0) is 20.6. The van der Waals surface area contributed by atoms with E-state index in [1.54, 1.807) is 12.1 Å². The Balaban J connectivity index is 1.99. The van der Waals surface area contributed by atoms with E-state index in [4.69, 9.17) is 33.1 Å². The maximum atomic E-state index is 7.35. The molecule has 0 aliphatic carbocycles. The van der Waals surface area contributed by atoms with E-state index in [1.165, 1.54) is 0 Å². The maximum absolute atomic E-state index is 7.35. The number of nitrogen functional groups attached to an aromatic ring is 1. The van der Waals surface area contributed by atoms with Gasteiger partial charge in [0.15, 0.2) is 11.9 Å². The van der Waals surface area contributed by atoms with Gasteiger partial charge in [0, 0.05) is 25.2 Å². The van der Waals surface area contributed by atoms with Gasteiger partial charge in [-0.25, -0.2) is 0 Å². The van der Waals surface area contributed by atoms with E-state index in [9.17, 15) is 0 Å². The highest BCUT2D eigenvalue weighted by Gasteiger charge is 1.98. The number of guanidine groups is 2. The Morgan fingerprint density at radius 2 is 1.50 bits per heavy atom. The van der Waals surface area contributed by atoms with Crippen molar-refractivity contribution in [3.63, 3.8) is 0 Å². The number of nitrogens with one attached hydrogen (secondary N) is 2. The molecule has 0 atom stereocenters. The van der Waals surface area contributed by atoms with Gasteiger partial charge in [0.05, 0.1) is 6.61 Å². The van der Waals surface area contributed by atoms with E-state index in [0.717, 1.165) is 57.4 Å². The molecule has 0 amide bonds. The first-order valence-electron chi connectivity index (χ1n) is 9.65. The Morgan fingerprint density at radius 3 is 2.11 bits per heavy atom. The van der Waals surface area contributed by atoms with Gasteiger partial charge in [-0.15, -0.1) is 0 Å². The molecule has 0 fully saturated rings. The molecule has 0 bridgehead atoms. The number of hydrogen-bond acceptors (Lipinski definition) is 4. The molecule has 10 N–H and O–H groups in total. The summed E-state index contributed by atoms with van der Waals surface area (Å²) >= 11 is 0. The summed E-state index contributed by atoms with van der Waals surface area (Å²) in [6, 6.07) is 7.20. The number of ether oxygens (including phenoxy) is 1. The summed E-state index contributed by atoms with van der Waals surface area (Å²) in [6.07, 6.45) is 5.99. The molecule has 28 heavy (non-hydrogen) atoms. The first-order valence-corrected chi connectivity index (χ1v) is 9.65. The van der Waals surface area contributed by atoms with Gasteiger partial charge < -0.3 is 33.0 Å². The number of nitrogens with two attached hydrogens (primary N) is 4. The van der Waals surface area contributed by atoms with Crippen molar-refractivity contribution in [1.29, 1.82) is 5.41 Å². The Bertz CT molecular complexity index is 623. The summed E-state index contributed by atoms with van der Waals surface area (Å²) < 4.78 is 5.66. The summed E-state index contributed by atoms with van der Waals surface area (Å²) in [5.74, 6) is 1.47. The van der Waals surface area contributed by atoms with Crippen molar-refractivity contribution in [2.24, 2.45) is 32.9 Å². The molecule has 0 aromatic heterocycles. The highest BCUT2D eigenvalue weighted by molar-refractivity contribution is 5.94. The highest BCUT2D eigenvalue weighted by Crippen LogP contribution is 2.12. The second-order valence-corrected chi connectivity index (χ2v) is 6.41. The van der Waals surface area contributed by atoms with E-state index in [2.05, 4.69) is 15.3 Å². The normalized spacial score (nSPS) is 11.1. The Labute approximate surface area is 167 Å². The fraction of sp³-hybridized carbons (Fsp3) is 0.526. The molecule has 0 saturated heterocycles. The van der Waals surface area contributed by atoms with E-state index in [-0.39, 0.29) is 11.8 Å². The van der Waals surface area contributed by atoms with Gasteiger partial charge >= 0.3 is 0 Å². The van der Waals surface area contributed by atoms with Crippen LogP contribution in [-0.2, 0) is 0 Å². The van der Waals surface area contributed by atoms with Gasteiger partial charge in [-0.05, 0) is 49.9 Å². The molecule has 1 rings (SSSR count). The first kappa shape index (κ1) is 23.1. The minimum atomic E-state index is 0.0553. The van der Waals surface area contributed by atoms with Crippen molar-refractivity contribution in [2.75, 3.05) is 26.2 Å². The number of aliphatic imine (C=N–C) groups is 2. The summed E-state index contributed by atoms with van der Waals surface area (Å²) in [5, 5.41) is 10.5. The fourth-order valence-corrected chi connectivity index (χ4v) is 2.40. The lowest BCUT2D eigenvalue weighted by Crippen LogP contribution is -2.32. The number of benzene rings is 1. The van der Waals surface area contributed by atoms with E-state index < -0.39 is 0 Å². The topological polar surface area (TPSA) is 174 Å². The van der Waals surface area contributed by atoms with E-state index >= 15 is 0 Å². The van der Waals surface area contributed by atoms with Crippen LogP contribution in [0.1, 0.15) is 44.1 Å². The standard InChI is InChI=1S/C19H34N8O/c20-17(21)15-7-9-16(10-8-15)28-14-6-5-13-27-19(24)26-12-4-2-1-3-11-25-18(22)23/h7-10H,1-6,11-14H2,(H3,20,21)(H4,22,23,25)(H3,24,26,27). The van der Waals surface area contributed by atoms with Crippen LogP contribution in [-0.4, -0.2) is 44.0 Å². The lowest BCUT2D eigenvalue weighted by atomic mass is 10.2. The van der Waals surface area contributed by atoms with Crippen LogP contribution in [0.3, 0.4) is 0 Å². The minimum Gasteiger partial charge on any atom is -0.494 e. The summed E-state index contributed by atoms with van der Waals surface area (Å²) in [6.45, 7) is 2.79. The zero-order valence-electron chi connectivity index (χ0n) is 16.5. The van der Waals surface area contributed by atoms with Crippen LogP contribution in [0.5, 0.6) is 5.75 Å².